The molecule has 0 saturated heterocycles. The Kier molecular flexibility index (Phi) is 7.32. The summed E-state index contributed by atoms with van der Waals surface area (Å²) in [5.74, 6) is 0. The molecule has 0 N–H and O–H groups in total. The van der Waals surface area contributed by atoms with Gasteiger partial charge in [0, 0.05) is 46.2 Å². The Bertz CT molecular complexity index is 566. The fourth-order valence-electron chi connectivity index (χ4n) is 2.83. The monoisotopic (exact) mass is 340 g/mol. The second-order valence-electron chi connectivity index (χ2n) is 6.93. The lowest BCUT2D eigenvalue weighted by Crippen LogP contribution is -2.11. The maximum absolute atomic E-state index is 6.29. The van der Waals surface area contributed by atoms with Crippen molar-refractivity contribution in [2.24, 2.45) is 0 Å². The van der Waals surface area contributed by atoms with Crippen molar-refractivity contribution in [1.29, 1.82) is 0 Å². The first-order chi connectivity index (χ1) is 12.0. The molecule has 0 heterocycles. The summed E-state index contributed by atoms with van der Waals surface area (Å²) in [4.78, 5) is 4.24. The van der Waals surface area contributed by atoms with E-state index < -0.39 is 0 Å². The molecule has 3 nitrogen and oxygen atoms in total. The van der Waals surface area contributed by atoms with E-state index in [9.17, 15) is 0 Å². The summed E-state index contributed by atoms with van der Waals surface area (Å²) >= 11 is 0. The second kappa shape index (κ2) is 9.47. The van der Waals surface area contributed by atoms with E-state index in [0.29, 0.717) is 0 Å². The molecule has 0 bridgehead atoms. The van der Waals surface area contributed by atoms with Gasteiger partial charge >= 0.3 is 0 Å². The average molecular weight is 341 g/mol. The first-order valence-corrected chi connectivity index (χ1v) is 9.19. The highest BCUT2D eigenvalue weighted by Crippen LogP contribution is 2.29. The minimum absolute atomic E-state index is 0.00993. The molecular formula is C22H32N2O. The Labute approximate surface area is 153 Å². The Balaban J connectivity index is 2.22. The van der Waals surface area contributed by atoms with Gasteiger partial charge in [-0.2, -0.15) is 0 Å². The lowest BCUT2D eigenvalue weighted by Gasteiger charge is -2.21. The lowest BCUT2D eigenvalue weighted by atomic mass is 10.0. The molecule has 0 spiro atoms. The quantitative estimate of drug-likeness (QED) is 0.590. The number of benzene rings is 2. The van der Waals surface area contributed by atoms with Crippen LogP contribution in [0.25, 0.3) is 0 Å². The highest BCUT2D eigenvalue weighted by Gasteiger charge is 2.15. The fourth-order valence-corrected chi connectivity index (χ4v) is 2.83. The highest BCUT2D eigenvalue weighted by atomic mass is 16.5. The number of anilines is 2. The molecule has 2 aromatic carbocycles. The topological polar surface area (TPSA) is 15.7 Å². The molecule has 0 fully saturated rings. The van der Waals surface area contributed by atoms with Gasteiger partial charge in [-0.25, -0.2) is 0 Å². The lowest BCUT2D eigenvalue weighted by molar-refractivity contribution is 0.0771. The molecule has 0 radical (unpaired) electrons. The van der Waals surface area contributed by atoms with Crippen molar-refractivity contribution in [3.63, 3.8) is 0 Å². The van der Waals surface area contributed by atoms with Crippen molar-refractivity contribution in [3.05, 3.63) is 59.7 Å². The molecule has 0 saturated carbocycles. The summed E-state index contributed by atoms with van der Waals surface area (Å²) in [6.07, 6.45) is 3.53. The van der Waals surface area contributed by atoms with E-state index in [2.05, 4.69) is 93.4 Å². The minimum Gasteiger partial charge on any atom is -0.378 e. The highest BCUT2D eigenvalue weighted by molar-refractivity contribution is 5.49. The Morgan fingerprint density at radius 1 is 0.720 bits per heavy atom. The van der Waals surface area contributed by atoms with Crippen molar-refractivity contribution in [1.82, 2.24) is 0 Å². The van der Waals surface area contributed by atoms with Crippen LogP contribution in [0.3, 0.4) is 0 Å². The minimum atomic E-state index is -0.00993. The number of nitrogens with zero attached hydrogens (tertiary/aromatic N) is 2. The summed E-state index contributed by atoms with van der Waals surface area (Å²) < 4.78 is 6.29. The molecule has 3 heteroatoms. The van der Waals surface area contributed by atoms with E-state index in [1.54, 1.807) is 0 Å². The van der Waals surface area contributed by atoms with Crippen LogP contribution in [0.1, 0.15) is 43.4 Å². The van der Waals surface area contributed by atoms with E-state index in [-0.39, 0.29) is 6.10 Å². The van der Waals surface area contributed by atoms with Crippen LogP contribution in [-0.2, 0) is 4.74 Å². The SMILES string of the molecule is CCCCCOC(c1ccc(N(C)C)cc1)c1ccc(N(C)C)cc1. The van der Waals surface area contributed by atoms with Gasteiger partial charge in [0.05, 0.1) is 0 Å². The van der Waals surface area contributed by atoms with E-state index in [1.165, 1.54) is 35.3 Å². The van der Waals surface area contributed by atoms with Crippen LogP contribution in [0.4, 0.5) is 11.4 Å². The molecule has 0 aliphatic rings. The molecule has 2 aromatic rings. The van der Waals surface area contributed by atoms with Gasteiger partial charge in [-0.15, -0.1) is 0 Å². The van der Waals surface area contributed by atoms with E-state index in [4.69, 9.17) is 4.74 Å². The van der Waals surface area contributed by atoms with Crippen LogP contribution in [0, 0.1) is 0 Å². The summed E-state index contributed by atoms with van der Waals surface area (Å²) in [5, 5.41) is 0. The smallest absolute Gasteiger partial charge is 0.108 e. The zero-order valence-corrected chi connectivity index (χ0v) is 16.3. The van der Waals surface area contributed by atoms with Gasteiger partial charge in [-0.3, -0.25) is 0 Å². The van der Waals surface area contributed by atoms with Crippen LogP contribution in [0.15, 0.2) is 48.5 Å². The van der Waals surface area contributed by atoms with E-state index in [0.717, 1.165) is 13.0 Å². The van der Waals surface area contributed by atoms with Crippen LogP contribution in [0.2, 0.25) is 0 Å². The van der Waals surface area contributed by atoms with Crippen LogP contribution in [-0.4, -0.2) is 34.8 Å². The number of unbranched alkanes of at least 4 members (excludes halogenated alkanes) is 2. The molecule has 0 aliphatic heterocycles. The van der Waals surface area contributed by atoms with Gasteiger partial charge < -0.3 is 14.5 Å². The van der Waals surface area contributed by atoms with Crippen LogP contribution >= 0.6 is 0 Å². The third-order valence-electron chi connectivity index (χ3n) is 4.46. The van der Waals surface area contributed by atoms with Crippen molar-refractivity contribution < 1.29 is 4.74 Å². The molecule has 2 rings (SSSR count). The zero-order chi connectivity index (χ0) is 18.2. The number of hydrogen-bond acceptors (Lipinski definition) is 3. The van der Waals surface area contributed by atoms with Gasteiger partial charge in [0.2, 0.25) is 0 Å². The maximum atomic E-state index is 6.29. The second-order valence-corrected chi connectivity index (χ2v) is 6.93. The van der Waals surface area contributed by atoms with E-state index in [1.807, 2.05) is 0 Å². The van der Waals surface area contributed by atoms with Crippen LogP contribution in [0.5, 0.6) is 0 Å². The van der Waals surface area contributed by atoms with Gasteiger partial charge in [-0.1, -0.05) is 44.0 Å². The molecule has 0 aromatic heterocycles. The maximum Gasteiger partial charge on any atom is 0.108 e. The van der Waals surface area contributed by atoms with Gasteiger partial charge in [-0.05, 0) is 41.8 Å². The van der Waals surface area contributed by atoms with E-state index >= 15 is 0 Å². The average Bonchev–Trinajstić information content (AvgIpc) is 2.62. The fraction of sp³-hybridized carbons (Fsp3) is 0.455. The molecule has 0 amide bonds. The first kappa shape index (κ1) is 19.3. The normalized spacial score (nSPS) is 11.0. The van der Waals surface area contributed by atoms with Crippen molar-refractivity contribution in [2.45, 2.75) is 32.3 Å². The Morgan fingerprint density at radius 3 is 1.52 bits per heavy atom. The Morgan fingerprint density at radius 2 is 1.16 bits per heavy atom. The van der Waals surface area contributed by atoms with Gasteiger partial charge in [0.1, 0.15) is 6.10 Å². The predicted octanol–water partition coefficient (Wildman–Crippen LogP) is 5.11. The molecule has 136 valence electrons. The van der Waals surface area contributed by atoms with Crippen molar-refractivity contribution in [3.8, 4) is 0 Å². The third kappa shape index (κ3) is 5.50. The standard InChI is InChI=1S/C22H32N2O/c1-6-7-8-17-25-22(18-9-13-20(14-10-18)23(2)3)19-11-15-21(16-12-19)24(4)5/h9-16,22H,6-8,17H2,1-5H3. The predicted molar refractivity (Wildman–Crippen MR) is 109 cm³/mol. The summed E-state index contributed by atoms with van der Waals surface area (Å²) in [5.41, 5.74) is 4.83. The van der Waals surface area contributed by atoms with Crippen molar-refractivity contribution >= 4 is 11.4 Å². The van der Waals surface area contributed by atoms with Crippen molar-refractivity contribution in [2.75, 3.05) is 44.6 Å². The first-order valence-electron chi connectivity index (χ1n) is 9.19. The zero-order valence-electron chi connectivity index (χ0n) is 16.3. The number of ether oxygens (including phenoxy) is 1. The van der Waals surface area contributed by atoms with Gasteiger partial charge in [0.15, 0.2) is 0 Å². The molecule has 0 atom stereocenters. The number of rotatable bonds is 9. The summed E-state index contributed by atoms with van der Waals surface area (Å²) in [6.45, 7) is 3.01. The summed E-state index contributed by atoms with van der Waals surface area (Å²) in [6, 6.07) is 17.4. The third-order valence-corrected chi connectivity index (χ3v) is 4.46. The molecule has 0 unspecified atom stereocenters. The molecule has 25 heavy (non-hydrogen) atoms. The summed E-state index contributed by atoms with van der Waals surface area (Å²) in [7, 11) is 8.25. The van der Waals surface area contributed by atoms with Crippen LogP contribution < -0.4 is 9.80 Å². The Hall–Kier alpha value is -2.00. The number of hydrogen-bond donors (Lipinski definition) is 0. The van der Waals surface area contributed by atoms with Gasteiger partial charge in [0.25, 0.3) is 0 Å². The molecular weight excluding hydrogens is 308 g/mol. The largest absolute Gasteiger partial charge is 0.378 e. The molecule has 0 aliphatic carbocycles.